The van der Waals surface area contributed by atoms with Gasteiger partial charge in [0.2, 0.25) is 0 Å². The molecule has 0 unspecified atom stereocenters. The van der Waals surface area contributed by atoms with E-state index in [1.807, 2.05) is 16.6 Å². The minimum atomic E-state index is 0.473. The number of anilines is 1. The first-order valence-electron chi connectivity index (χ1n) is 8.72. The summed E-state index contributed by atoms with van der Waals surface area (Å²) in [5, 5.41) is 20.9. The van der Waals surface area contributed by atoms with Crippen molar-refractivity contribution in [2.45, 2.75) is 37.8 Å². The fraction of sp³-hybridized carbons (Fsp3) is 0.562. The minimum Gasteiger partial charge on any atom is -0.352 e. The molecular weight excluding hydrogens is 320 g/mol. The summed E-state index contributed by atoms with van der Waals surface area (Å²) in [6, 6.07) is 4.52. The van der Waals surface area contributed by atoms with Gasteiger partial charge in [-0.3, -0.25) is 4.90 Å². The van der Waals surface area contributed by atoms with Crippen LogP contribution >= 0.6 is 0 Å². The van der Waals surface area contributed by atoms with Crippen LogP contribution in [0.1, 0.15) is 36.7 Å². The summed E-state index contributed by atoms with van der Waals surface area (Å²) in [7, 11) is 2.10. The number of hydrogen-bond donors (Lipinski definition) is 0. The van der Waals surface area contributed by atoms with Crippen molar-refractivity contribution in [3.05, 3.63) is 29.8 Å². The molecule has 5 rings (SSSR count). The van der Waals surface area contributed by atoms with Crippen molar-refractivity contribution < 1.29 is 4.63 Å². The Labute approximate surface area is 144 Å². The van der Waals surface area contributed by atoms with Crippen LogP contribution in [0.3, 0.4) is 0 Å². The number of nitrogens with zero attached hydrogens (tertiary/aromatic N) is 8. The zero-order valence-corrected chi connectivity index (χ0v) is 14.1. The highest BCUT2D eigenvalue weighted by atomic mass is 16.6. The highest BCUT2D eigenvalue weighted by molar-refractivity contribution is 5.48. The third kappa shape index (κ3) is 2.55. The van der Waals surface area contributed by atoms with E-state index in [9.17, 15) is 0 Å². The highest BCUT2D eigenvalue weighted by Crippen LogP contribution is 2.35. The van der Waals surface area contributed by atoms with E-state index in [0.717, 1.165) is 42.6 Å². The van der Waals surface area contributed by atoms with Gasteiger partial charge in [0.1, 0.15) is 11.5 Å². The largest absolute Gasteiger partial charge is 0.352 e. The first-order chi connectivity index (χ1) is 12.3. The van der Waals surface area contributed by atoms with E-state index in [0.29, 0.717) is 12.0 Å². The number of rotatable bonds is 5. The molecule has 3 aromatic heterocycles. The molecule has 9 nitrogen and oxygen atoms in total. The summed E-state index contributed by atoms with van der Waals surface area (Å²) in [4.78, 5) is 4.55. The van der Waals surface area contributed by atoms with E-state index in [-0.39, 0.29) is 0 Å². The lowest BCUT2D eigenvalue weighted by molar-refractivity contribution is 0.190. The molecule has 1 aliphatic carbocycles. The van der Waals surface area contributed by atoms with E-state index < -0.39 is 0 Å². The Morgan fingerprint density at radius 3 is 2.84 bits per heavy atom. The van der Waals surface area contributed by atoms with Crippen LogP contribution in [0.5, 0.6) is 0 Å². The maximum atomic E-state index is 4.79. The van der Waals surface area contributed by atoms with Gasteiger partial charge >= 0.3 is 0 Å². The number of likely N-dealkylation sites (N-methyl/N-ethyl adjacent to an activating group) is 1. The Bertz CT molecular complexity index is 866. The SMILES string of the molecule is CN(Cc1cnon1)C1CN(c2ccc3nnc(C4CCC4)n3n2)C1. The Morgan fingerprint density at radius 2 is 2.12 bits per heavy atom. The van der Waals surface area contributed by atoms with Crippen LogP contribution in [0.4, 0.5) is 5.82 Å². The van der Waals surface area contributed by atoms with Crippen molar-refractivity contribution >= 4 is 11.5 Å². The quantitative estimate of drug-likeness (QED) is 0.682. The second kappa shape index (κ2) is 5.76. The third-order valence-electron chi connectivity index (χ3n) is 5.37. The lowest BCUT2D eigenvalue weighted by atomic mass is 9.85. The van der Waals surface area contributed by atoms with Crippen LogP contribution in [-0.2, 0) is 6.54 Å². The normalized spacial score (nSPS) is 18.7. The summed E-state index contributed by atoms with van der Waals surface area (Å²) in [5.41, 5.74) is 1.69. The lowest BCUT2D eigenvalue weighted by Gasteiger charge is -2.44. The Hall–Kier alpha value is -2.55. The third-order valence-corrected chi connectivity index (χ3v) is 5.37. The van der Waals surface area contributed by atoms with Gasteiger partial charge < -0.3 is 4.90 Å². The van der Waals surface area contributed by atoms with E-state index in [1.165, 1.54) is 19.3 Å². The van der Waals surface area contributed by atoms with Crippen molar-refractivity contribution in [1.29, 1.82) is 0 Å². The first-order valence-corrected chi connectivity index (χ1v) is 8.72. The Balaban J connectivity index is 1.28. The number of aromatic nitrogens is 6. The molecule has 0 bridgehead atoms. The van der Waals surface area contributed by atoms with Gasteiger partial charge in [0, 0.05) is 31.6 Å². The van der Waals surface area contributed by atoms with E-state index in [2.05, 4.69) is 42.0 Å². The monoisotopic (exact) mass is 340 g/mol. The van der Waals surface area contributed by atoms with Gasteiger partial charge in [-0.25, -0.2) is 4.63 Å². The van der Waals surface area contributed by atoms with Crippen LogP contribution in [0.25, 0.3) is 5.65 Å². The molecule has 130 valence electrons. The second-order valence-electron chi connectivity index (χ2n) is 7.02. The molecule has 25 heavy (non-hydrogen) atoms. The fourth-order valence-corrected chi connectivity index (χ4v) is 3.44. The molecular formula is C16H20N8O. The van der Waals surface area contributed by atoms with Crippen LogP contribution < -0.4 is 4.90 Å². The maximum absolute atomic E-state index is 4.79. The number of fused-ring (bicyclic) bond motifs is 1. The van der Waals surface area contributed by atoms with Gasteiger partial charge in [0.25, 0.3) is 0 Å². The Morgan fingerprint density at radius 1 is 1.24 bits per heavy atom. The minimum absolute atomic E-state index is 0.473. The molecule has 0 spiro atoms. The maximum Gasteiger partial charge on any atom is 0.178 e. The fourth-order valence-electron chi connectivity index (χ4n) is 3.44. The van der Waals surface area contributed by atoms with E-state index in [4.69, 9.17) is 5.10 Å². The van der Waals surface area contributed by atoms with Gasteiger partial charge in [0.05, 0.1) is 6.20 Å². The molecule has 1 saturated heterocycles. The van der Waals surface area contributed by atoms with Crippen LogP contribution in [-0.4, -0.2) is 61.2 Å². The van der Waals surface area contributed by atoms with Crippen molar-refractivity contribution in [3.63, 3.8) is 0 Å². The average molecular weight is 340 g/mol. The molecule has 0 N–H and O–H groups in total. The molecule has 9 heteroatoms. The molecule has 0 amide bonds. The highest BCUT2D eigenvalue weighted by Gasteiger charge is 2.32. The first kappa shape index (κ1) is 14.8. The van der Waals surface area contributed by atoms with Crippen molar-refractivity contribution in [3.8, 4) is 0 Å². The lowest BCUT2D eigenvalue weighted by Crippen LogP contribution is -2.58. The van der Waals surface area contributed by atoms with Crippen molar-refractivity contribution in [1.82, 2.24) is 35.0 Å². The molecule has 4 heterocycles. The molecule has 1 saturated carbocycles. The summed E-state index contributed by atoms with van der Waals surface area (Å²) in [5.74, 6) is 2.51. The summed E-state index contributed by atoms with van der Waals surface area (Å²) in [6.07, 6.45) is 5.33. The van der Waals surface area contributed by atoms with Crippen LogP contribution in [0.2, 0.25) is 0 Å². The molecule has 0 atom stereocenters. The van der Waals surface area contributed by atoms with Gasteiger partial charge in [-0.05, 0) is 32.0 Å². The van der Waals surface area contributed by atoms with E-state index in [1.54, 1.807) is 6.20 Å². The number of hydrogen-bond acceptors (Lipinski definition) is 8. The molecule has 3 aromatic rings. The predicted molar refractivity (Wildman–Crippen MR) is 89.1 cm³/mol. The second-order valence-corrected chi connectivity index (χ2v) is 7.02. The molecule has 0 radical (unpaired) electrons. The van der Waals surface area contributed by atoms with E-state index >= 15 is 0 Å². The van der Waals surface area contributed by atoms with Crippen molar-refractivity contribution in [2.75, 3.05) is 25.0 Å². The summed E-state index contributed by atoms with van der Waals surface area (Å²) in [6.45, 7) is 2.63. The van der Waals surface area contributed by atoms with Gasteiger partial charge in [-0.1, -0.05) is 16.7 Å². The zero-order chi connectivity index (χ0) is 16.8. The van der Waals surface area contributed by atoms with Crippen LogP contribution in [0, 0.1) is 0 Å². The van der Waals surface area contributed by atoms with Crippen LogP contribution in [0.15, 0.2) is 23.0 Å². The average Bonchev–Trinajstić information content (AvgIpc) is 3.14. The van der Waals surface area contributed by atoms with Gasteiger partial charge in [-0.2, -0.15) is 4.52 Å². The predicted octanol–water partition coefficient (Wildman–Crippen LogP) is 1.10. The summed E-state index contributed by atoms with van der Waals surface area (Å²) < 4.78 is 6.58. The molecule has 2 fully saturated rings. The topological polar surface area (TPSA) is 88.5 Å². The summed E-state index contributed by atoms with van der Waals surface area (Å²) >= 11 is 0. The zero-order valence-electron chi connectivity index (χ0n) is 14.1. The van der Waals surface area contributed by atoms with Gasteiger partial charge in [-0.15, -0.1) is 15.3 Å². The van der Waals surface area contributed by atoms with Crippen molar-refractivity contribution in [2.24, 2.45) is 0 Å². The van der Waals surface area contributed by atoms with Gasteiger partial charge in [0.15, 0.2) is 11.5 Å². The smallest absolute Gasteiger partial charge is 0.178 e. The molecule has 2 aliphatic rings. The molecule has 1 aliphatic heterocycles. The molecule has 0 aromatic carbocycles. The Kier molecular flexibility index (Phi) is 3.40. The standard InChI is InChI=1S/C16H20N8O/c1-22(8-12-7-17-25-21-12)13-9-23(10-13)15-6-5-14-18-19-16(24(14)20-15)11-3-2-4-11/h5-7,11,13H,2-4,8-10H2,1H3.